The summed E-state index contributed by atoms with van der Waals surface area (Å²) in [5.41, 5.74) is 1.55. The van der Waals surface area contributed by atoms with E-state index in [0.717, 1.165) is 10.0 Å². The molecular formula is C12H10BrN3O. The van der Waals surface area contributed by atoms with Gasteiger partial charge in [0, 0.05) is 6.20 Å². The molecule has 0 N–H and O–H groups in total. The second-order valence-corrected chi connectivity index (χ2v) is 4.42. The predicted molar refractivity (Wildman–Crippen MR) is 66.7 cm³/mol. The van der Waals surface area contributed by atoms with E-state index in [0.29, 0.717) is 17.9 Å². The molecule has 2 aromatic rings. The van der Waals surface area contributed by atoms with Gasteiger partial charge in [-0.2, -0.15) is 10.4 Å². The number of rotatable bonds is 3. The molecule has 0 saturated heterocycles. The molecule has 0 aliphatic heterocycles. The molecule has 0 saturated carbocycles. The van der Waals surface area contributed by atoms with Crippen LogP contribution in [0.3, 0.4) is 0 Å². The zero-order chi connectivity index (χ0) is 12.3. The summed E-state index contributed by atoms with van der Waals surface area (Å²) in [6.45, 7) is 0.629. The number of nitriles is 1. The molecule has 86 valence electrons. The summed E-state index contributed by atoms with van der Waals surface area (Å²) < 4.78 is 7.83. The van der Waals surface area contributed by atoms with Crippen LogP contribution in [0.25, 0.3) is 0 Å². The van der Waals surface area contributed by atoms with E-state index < -0.39 is 0 Å². The Morgan fingerprint density at radius 3 is 2.94 bits per heavy atom. The Kier molecular flexibility index (Phi) is 3.45. The molecule has 2 rings (SSSR count). The van der Waals surface area contributed by atoms with Crippen LogP contribution in [-0.2, 0) is 6.54 Å². The molecule has 0 fully saturated rings. The molecule has 0 radical (unpaired) electrons. The van der Waals surface area contributed by atoms with Gasteiger partial charge in [0.15, 0.2) is 0 Å². The van der Waals surface area contributed by atoms with Crippen molar-refractivity contribution < 1.29 is 4.74 Å². The second kappa shape index (κ2) is 5.02. The van der Waals surface area contributed by atoms with Gasteiger partial charge in [-0.1, -0.05) is 6.07 Å². The first-order valence-electron chi connectivity index (χ1n) is 4.98. The second-order valence-electron chi connectivity index (χ2n) is 3.50. The molecule has 0 aliphatic carbocycles. The molecule has 4 nitrogen and oxygen atoms in total. The fourth-order valence-corrected chi connectivity index (χ4v) is 1.88. The Balaban J connectivity index is 2.26. The number of hydrogen-bond donors (Lipinski definition) is 0. The first kappa shape index (κ1) is 11.7. The highest BCUT2D eigenvalue weighted by atomic mass is 79.9. The molecule has 0 amide bonds. The summed E-state index contributed by atoms with van der Waals surface area (Å²) in [5.74, 6) is 0.595. The van der Waals surface area contributed by atoms with Gasteiger partial charge in [0.1, 0.15) is 11.8 Å². The molecule has 0 aliphatic rings. The minimum atomic E-state index is 0.538. The Hall–Kier alpha value is -1.80. The van der Waals surface area contributed by atoms with E-state index in [2.05, 4.69) is 27.1 Å². The number of aromatic nitrogens is 2. The minimum absolute atomic E-state index is 0.538. The number of ether oxygens (including phenoxy) is 1. The zero-order valence-corrected chi connectivity index (χ0v) is 10.8. The van der Waals surface area contributed by atoms with Crippen molar-refractivity contribution >= 4 is 15.9 Å². The van der Waals surface area contributed by atoms with Gasteiger partial charge >= 0.3 is 0 Å². The molecule has 0 bridgehead atoms. The van der Waals surface area contributed by atoms with Crippen LogP contribution in [0.1, 0.15) is 11.1 Å². The molecule has 1 aromatic carbocycles. The zero-order valence-electron chi connectivity index (χ0n) is 9.22. The van der Waals surface area contributed by atoms with Crippen molar-refractivity contribution in [3.63, 3.8) is 0 Å². The lowest BCUT2D eigenvalue weighted by Crippen LogP contribution is -2.00. The van der Waals surface area contributed by atoms with Gasteiger partial charge in [-0.25, -0.2) is 0 Å². The number of nitrogens with zero attached hydrogens (tertiary/aromatic N) is 3. The summed E-state index contributed by atoms with van der Waals surface area (Å²) >= 11 is 3.34. The normalized spacial score (nSPS) is 9.94. The van der Waals surface area contributed by atoms with Gasteiger partial charge in [0.05, 0.1) is 29.9 Å². The first-order valence-corrected chi connectivity index (χ1v) is 5.77. The third-order valence-corrected chi connectivity index (χ3v) is 2.74. The van der Waals surface area contributed by atoms with Crippen LogP contribution >= 0.6 is 15.9 Å². The van der Waals surface area contributed by atoms with Crippen LogP contribution in [0.2, 0.25) is 0 Å². The number of halogens is 1. The SMILES string of the molecule is COc1ccc(Cn2cc(Br)cn2)cc1C#N. The van der Waals surface area contributed by atoms with Crippen LogP contribution in [0.4, 0.5) is 0 Å². The van der Waals surface area contributed by atoms with E-state index >= 15 is 0 Å². The van der Waals surface area contributed by atoms with Crippen LogP contribution in [0.15, 0.2) is 35.1 Å². The Morgan fingerprint density at radius 2 is 2.35 bits per heavy atom. The van der Waals surface area contributed by atoms with Crippen LogP contribution < -0.4 is 4.74 Å². The van der Waals surface area contributed by atoms with E-state index in [1.165, 1.54) is 0 Å². The molecule has 0 atom stereocenters. The molecule has 17 heavy (non-hydrogen) atoms. The van der Waals surface area contributed by atoms with Gasteiger partial charge < -0.3 is 4.74 Å². The third kappa shape index (κ3) is 2.66. The van der Waals surface area contributed by atoms with Crippen molar-refractivity contribution in [3.05, 3.63) is 46.2 Å². The van der Waals surface area contributed by atoms with Gasteiger partial charge in [-0.05, 0) is 33.6 Å². The maximum absolute atomic E-state index is 8.98. The molecule has 0 unspecified atom stereocenters. The van der Waals surface area contributed by atoms with Crippen molar-refractivity contribution in [3.8, 4) is 11.8 Å². The summed E-state index contributed by atoms with van der Waals surface area (Å²) in [6.07, 6.45) is 3.62. The van der Waals surface area contributed by atoms with E-state index in [1.54, 1.807) is 24.1 Å². The summed E-state index contributed by atoms with van der Waals surface area (Å²) in [5, 5.41) is 13.1. The van der Waals surface area contributed by atoms with Gasteiger partial charge in [-0.15, -0.1) is 0 Å². The van der Waals surface area contributed by atoms with Crippen molar-refractivity contribution in [2.45, 2.75) is 6.54 Å². The van der Waals surface area contributed by atoms with Gasteiger partial charge in [0.25, 0.3) is 0 Å². The highest BCUT2D eigenvalue weighted by Gasteiger charge is 2.04. The van der Waals surface area contributed by atoms with E-state index in [-0.39, 0.29) is 0 Å². The van der Waals surface area contributed by atoms with E-state index in [1.807, 2.05) is 18.3 Å². The smallest absolute Gasteiger partial charge is 0.136 e. The summed E-state index contributed by atoms with van der Waals surface area (Å²) in [6, 6.07) is 7.65. The van der Waals surface area contributed by atoms with Crippen molar-refractivity contribution in [1.82, 2.24) is 9.78 Å². The fraction of sp³-hybridized carbons (Fsp3) is 0.167. The monoisotopic (exact) mass is 291 g/mol. The highest BCUT2D eigenvalue weighted by molar-refractivity contribution is 9.10. The van der Waals surface area contributed by atoms with Crippen LogP contribution in [-0.4, -0.2) is 16.9 Å². The minimum Gasteiger partial charge on any atom is -0.495 e. The lowest BCUT2D eigenvalue weighted by atomic mass is 10.1. The van der Waals surface area contributed by atoms with Gasteiger partial charge in [0.2, 0.25) is 0 Å². The number of methoxy groups -OCH3 is 1. The lowest BCUT2D eigenvalue weighted by Gasteiger charge is -2.06. The maximum atomic E-state index is 8.98. The van der Waals surface area contributed by atoms with Crippen molar-refractivity contribution in [2.24, 2.45) is 0 Å². The number of benzene rings is 1. The van der Waals surface area contributed by atoms with Gasteiger partial charge in [-0.3, -0.25) is 4.68 Å². The summed E-state index contributed by atoms with van der Waals surface area (Å²) in [4.78, 5) is 0. The van der Waals surface area contributed by atoms with Crippen molar-refractivity contribution in [2.75, 3.05) is 7.11 Å². The molecular weight excluding hydrogens is 282 g/mol. The standard InChI is InChI=1S/C12H10BrN3O/c1-17-12-3-2-9(4-10(12)5-14)7-16-8-11(13)6-15-16/h2-4,6,8H,7H2,1H3. The Bertz CT molecular complexity index is 571. The quantitative estimate of drug-likeness (QED) is 0.873. The number of hydrogen-bond acceptors (Lipinski definition) is 3. The molecule has 0 spiro atoms. The first-order chi connectivity index (χ1) is 8.22. The lowest BCUT2D eigenvalue weighted by molar-refractivity contribution is 0.413. The largest absolute Gasteiger partial charge is 0.495 e. The average Bonchev–Trinajstić information content (AvgIpc) is 2.74. The molecule has 1 aromatic heterocycles. The summed E-state index contributed by atoms with van der Waals surface area (Å²) in [7, 11) is 1.56. The van der Waals surface area contributed by atoms with Crippen molar-refractivity contribution in [1.29, 1.82) is 5.26 Å². The van der Waals surface area contributed by atoms with E-state index in [9.17, 15) is 0 Å². The maximum Gasteiger partial charge on any atom is 0.136 e. The fourth-order valence-electron chi connectivity index (χ4n) is 1.55. The van der Waals surface area contributed by atoms with Crippen LogP contribution in [0.5, 0.6) is 5.75 Å². The molecule has 1 heterocycles. The highest BCUT2D eigenvalue weighted by Crippen LogP contribution is 2.19. The van der Waals surface area contributed by atoms with Crippen LogP contribution in [0, 0.1) is 11.3 Å². The topological polar surface area (TPSA) is 50.8 Å². The van der Waals surface area contributed by atoms with E-state index in [4.69, 9.17) is 10.00 Å². The predicted octanol–water partition coefficient (Wildman–Crippen LogP) is 2.57. The Labute approximate surface area is 108 Å². The Morgan fingerprint density at radius 1 is 1.53 bits per heavy atom. The average molecular weight is 292 g/mol. The molecule has 5 heteroatoms. The third-order valence-electron chi connectivity index (χ3n) is 2.33.